The lowest BCUT2D eigenvalue weighted by molar-refractivity contribution is 0.355. The number of aryl methyl sites for hydroxylation is 1. The topological polar surface area (TPSA) is 64.6 Å². The van der Waals surface area contributed by atoms with Gasteiger partial charge in [-0.05, 0) is 37.8 Å². The van der Waals surface area contributed by atoms with E-state index in [1.807, 2.05) is 19.1 Å². The first-order chi connectivity index (χ1) is 9.86. The summed E-state index contributed by atoms with van der Waals surface area (Å²) >= 11 is 0. The predicted octanol–water partition coefficient (Wildman–Crippen LogP) is 2.39. The maximum Gasteiger partial charge on any atom is 0.162 e. The van der Waals surface area contributed by atoms with E-state index >= 15 is 0 Å². The summed E-state index contributed by atoms with van der Waals surface area (Å²) in [6.45, 7) is 1.97. The summed E-state index contributed by atoms with van der Waals surface area (Å²) in [6.07, 6.45) is 3.84. The molecule has 0 saturated heterocycles. The van der Waals surface area contributed by atoms with Crippen molar-refractivity contribution in [1.82, 2.24) is 0 Å². The molecule has 0 amide bonds. The van der Waals surface area contributed by atoms with E-state index in [-0.39, 0.29) is 11.3 Å². The van der Waals surface area contributed by atoms with Gasteiger partial charge in [-0.1, -0.05) is 0 Å². The van der Waals surface area contributed by atoms with Gasteiger partial charge in [-0.15, -0.1) is 0 Å². The Morgan fingerprint density at radius 2 is 1.76 bits per heavy atom. The Labute approximate surface area is 126 Å². The lowest BCUT2D eigenvalue weighted by Crippen LogP contribution is -2.34. The van der Waals surface area contributed by atoms with Crippen molar-refractivity contribution in [3.8, 4) is 11.5 Å². The third-order valence-electron chi connectivity index (χ3n) is 4.07. The van der Waals surface area contributed by atoms with Gasteiger partial charge in [-0.3, -0.25) is 0 Å². The zero-order valence-electron chi connectivity index (χ0n) is 13.0. The van der Waals surface area contributed by atoms with Crippen LogP contribution in [0.2, 0.25) is 0 Å². The van der Waals surface area contributed by atoms with E-state index < -0.39 is 9.84 Å². The van der Waals surface area contributed by atoms with Crippen LogP contribution in [0.5, 0.6) is 11.5 Å². The molecule has 0 radical (unpaired) electrons. The second kappa shape index (κ2) is 6.13. The standard InChI is InChI=1S/C15H23NO4S/c1-10-8-13(19-2)14(20-3)9-12(10)16-11-6-5-7-15(11)21(4,17)18/h8-9,11,15-16H,5-7H2,1-4H3. The van der Waals surface area contributed by atoms with Crippen molar-refractivity contribution in [2.24, 2.45) is 0 Å². The second-order valence-corrected chi connectivity index (χ2v) is 7.84. The zero-order valence-corrected chi connectivity index (χ0v) is 13.8. The molecule has 21 heavy (non-hydrogen) atoms. The summed E-state index contributed by atoms with van der Waals surface area (Å²) < 4.78 is 34.3. The molecule has 1 saturated carbocycles. The largest absolute Gasteiger partial charge is 0.493 e. The number of hydrogen-bond acceptors (Lipinski definition) is 5. The lowest BCUT2D eigenvalue weighted by Gasteiger charge is -2.22. The molecule has 1 fully saturated rings. The maximum absolute atomic E-state index is 11.9. The van der Waals surface area contributed by atoms with Gasteiger partial charge in [0.2, 0.25) is 0 Å². The van der Waals surface area contributed by atoms with E-state index in [0.29, 0.717) is 11.5 Å². The van der Waals surface area contributed by atoms with Crippen LogP contribution in [0.15, 0.2) is 12.1 Å². The summed E-state index contributed by atoms with van der Waals surface area (Å²) in [5.74, 6) is 1.31. The van der Waals surface area contributed by atoms with E-state index in [1.54, 1.807) is 14.2 Å². The van der Waals surface area contributed by atoms with Crippen molar-refractivity contribution in [2.75, 3.05) is 25.8 Å². The van der Waals surface area contributed by atoms with Crippen LogP contribution in [0.25, 0.3) is 0 Å². The van der Waals surface area contributed by atoms with Gasteiger partial charge in [0, 0.05) is 24.1 Å². The molecule has 0 heterocycles. The summed E-state index contributed by atoms with van der Waals surface area (Å²) in [4.78, 5) is 0. The molecule has 0 spiro atoms. The van der Waals surface area contributed by atoms with Gasteiger partial charge < -0.3 is 14.8 Å². The number of rotatable bonds is 5. The molecule has 1 aromatic carbocycles. The van der Waals surface area contributed by atoms with Crippen molar-refractivity contribution in [2.45, 2.75) is 37.5 Å². The van der Waals surface area contributed by atoms with Crippen LogP contribution in [0.1, 0.15) is 24.8 Å². The molecule has 2 atom stereocenters. The lowest BCUT2D eigenvalue weighted by atomic mass is 10.1. The molecule has 1 aliphatic carbocycles. The fraction of sp³-hybridized carbons (Fsp3) is 0.600. The van der Waals surface area contributed by atoms with Gasteiger partial charge in [-0.2, -0.15) is 0 Å². The Morgan fingerprint density at radius 3 is 2.33 bits per heavy atom. The highest BCUT2D eigenvalue weighted by Crippen LogP contribution is 2.35. The van der Waals surface area contributed by atoms with E-state index in [2.05, 4.69) is 5.32 Å². The van der Waals surface area contributed by atoms with Crippen LogP contribution in [-0.2, 0) is 9.84 Å². The van der Waals surface area contributed by atoms with Gasteiger partial charge in [0.15, 0.2) is 21.3 Å². The highest BCUT2D eigenvalue weighted by Gasteiger charge is 2.35. The highest BCUT2D eigenvalue weighted by molar-refractivity contribution is 7.91. The van der Waals surface area contributed by atoms with Gasteiger partial charge in [-0.25, -0.2) is 8.42 Å². The van der Waals surface area contributed by atoms with Gasteiger partial charge >= 0.3 is 0 Å². The van der Waals surface area contributed by atoms with Gasteiger partial charge in [0.05, 0.1) is 19.5 Å². The summed E-state index contributed by atoms with van der Waals surface area (Å²) in [5.41, 5.74) is 1.90. The van der Waals surface area contributed by atoms with Crippen LogP contribution in [0, 0.1) is 6.92 Å². The number of ether oxygens (including phenoxy) is 2. The minimum atomic E-state index is -3.03. The van der Waals surface area contributed by atoms with E-state index in [0.717, 1.165) is 30.5 Å². The Bertz CT molecular complexity index is 612. The zero-order chi connectivity index (χ0) is 15.6. The minimum Gasteiger partial charge on any atom is -0.493 e. The van der Waals surface area contributed by atoms with Crippen LogP contribution < -0.4 is 14.8 Å². The first-order valence-electron chi connectivity index (χ1n) is 7.05. The average molecular weight is 313 g/mol. The molecule has 2 unspecified atom stereocenters. The van der Waals surface area contributed by atoms with Crippen LogP contribution >= 0.6 is 0 Å². The summed E-state index contributed by atoms with van der Waals surface area (Å²) in [6, 6.07) is 3.72. The molecular formula is C15H23NO4S. The molecule has 118 valence electrons. The van der Waals surface area contributed by atoms with E-state index in [4.69, 9.17) is 9.47 Å². The van der Waals surface area contributed by atoms with Crippen molar-refractivity contribution in [3.63, 3.8) is 0 Å². The number of sulfone groups is 1. The van der Waals surface area contributed by atoms with Crippen molar-refractivity contribution in [1.29, 1.82) is 0 Å². The molecule has 0 aromatic heterocycles. The second-order valence-electron chi connectivity index (χ2n) is 5.57. The van der Waals surface area contributed by atoms with E-state index in [1.165, 1.54) is 6.26 Å². The highest BCUT2D eigenvalue weighted by atomic mass is 32.2. The molecule has 0 aliphatic heterocycles. The van der Waals surface area contributed by atoms with E-state index in [9.17, 15) is 8.42 Å². The Morgan fingerprint density at radius 1 is 1.14 bits per heavy atom. The number of hydrogen-bond donors (Lipinski definition) is 1. The maximum atomic E-state index is 11.9. The Hall–Kier alpha value is -1.43. The molecule has 1 aliphatic rings. The smallest absolute Gasteiger partial charge is 0.162 e. The Kier molecular flexibility index (Phi) is 4.66. The molecule has 1 N–H and O–H groups in total. The molecular weight excluding hydrogens is 290 g/mol. The predicted molar refractivity (Wildman–Crippen MR) is 84.2 cm³/mol. The summed E-state index contributed by atoms with van der Waals surface area (Å²) in [5, 5.41) is 3.06. The third-order valence-corrected chi connectivity index (χ3v) is 5.74. The molecule has 2 rings (SSSR count). The van der Waals surface area contributed by atoms with Crippen LogP contribution in [0.4, 0.5) is 5.69 Å². The first kappa shape index (κ1) is 15.9. The Balaban J connectivity index is 2.27. The minimum absolute atomic E-state index is 0.0446. The van der Waals surface area contributed by atoms with Crippen LogP contribution in [-0.4, -0.2) is 40.2 Å². The summed E-state index contributed by atoms with van der Waals surface area (Å²) in [7, 11) is 0.156. The quantitative estimate of drug-likeness (QED) is 0.904. The third kappa shape index (κ3) is 3.43. The fourth-order valence-electron chi connectivity index (χ4n) is 2.94. The van der Waals surface area contributed by atoms with Gasteiger partial charge in [0.25, 0.3) is 0 Å². The molecule has 5 nitrogen and oxygen atoms in total. The van der Waals surface area contributed by atoms with Crippen molar-refractivity contribution >= 4 is 15.5 Å². The van der Waals surface area contributed by atoms with Crippen molar-refractivity contribution in [3.05, 3.63) is 17.7 Å². The fourth-order valence-corrected chi connectivity index (χ4v) is 4.34. The van der Waals surface area contributed by atoms with Crippen molar-refractivity contribution < 1.29 is 17.9 Å². The van der Waals surface area contributed by atoms with Gasteiger partial charge in [0.1, 0.15) is 0 Å². The SMILES string of the molecule is COc1cc(C)c(NC2CCCC2S(C)(=O)=O)cc1OC. The first-order valence-corrected chi connectivity index (χ1v) is 9.00. The number of anilines is 1. The molecule has 6 heteroatoms. The normalized spacial score (nSPS) is 22.1. The molecule has 1 aromatic rings. The number of benzene rings is 1. The monoisotopic (exact) mass is 313 g/mol. The number of nitrogens with one attached hydrogen (secondary N) is 1. The average Bonchev–Trinajstić information content (AvgIpc) is 2.88. The number of methoxy groups -OCH3 is 2. The molecule has 0 bridgehead atoms. The van der Waals surface area contributed by atoms with Crippen LogP contribution in [0.3, 0.4) is 0 Å².